The summed E-state index contributed by atoms with van der Waals surface area (Å²) >= 11 is 4.82. The van der Waals surface area contributed by atoms with E-state index in [1.165, 1.54) is 17.0 Å². The molecule has 0 radical (unpaired) electrons. The van der Waals surface area contributed by atoms with Gasteiger partial charge in [-0.2, -0.15) is 0 Å². The molecule has 1 aromatic heterocycles. The number of halogens is 3. The molecule has 1 aromatic carbocycles. The monoisotopic (exact) mass is 359 g/mol. The molecular formula is C15H16BrF2NS. The standard InChI is InChI=1S/C15H16BrF2NS/c1-19-13(6-2-4-10-5-3-9-20-10)14-12(17)8-7-11(16)15(14)18/h3,5,7-9,13,19H,2,4,6H2,1H3. The number of benzene rings is 1. The van der Waals surface area contributed by atoms with E-state index >= 15 is 0 Å². The highest BCUT2D eigenvalue weighted by molar-refractivity contribution is 9.10. The lowest BCUT2D eigenvalue weighted by molar-refractivity contribution is 0.460. The van der Waals surface area contributed by atoms with Gasteiger partial charge in [-0.3, -0.25) is 0 Å². The molecule has 0 amide bonds. The molecule has 1 atom stereocenters. The maximum absolute atomic E-state index is 14.1. The van der Waals surface area contributed by atoms with E-state index < -0.39 is 11.6 Å². The van der Waals surface area contributed by atoms with E-state index in [9.17, 15) is 8.78 Å². The summed E-state index contributed by atoms with van der Waals surface area (Å²) in [4.78, 5) is 1.30. The zero-order valence-corrected chi connectivity index (χ0v) is 13.5. The van der Waals surface area contributed by atoms with Crippen molar-refractivity contribution in [1.82, 2.24) is 5.32 Å². The molecule has 0 aliphatic carbocycles. The Bertz CT molecular complexity index is 557. The van der Waals surface area contributed by atoms with Crippen LogP contribution in [0, 0.1) is 11.6 Å². The van der Waals surface area contributed by atoms with Crippen molar-refractivity contribution < 1.29 is 8.78 Å². The van der Waals surface area contributed by atoms with Gasteiger partial charge in [-0.25, -0.2) is 8.78 Å². The Labute approximate surface area is 130 Å². The Kier molecular flexibility index (Phi) is 5.69. The minimum absolute atomic E-state index is 0.119. The molecule has 0 bridgehead atoms. The fraction of sp³-hybridized carbons (Fsp3) is 0.333. The topological polar surface area (TPSA) is 12.0 Å². The van der Waals surface area contributed by atoms with Crippen LogP contribution in [0.5, 0.6) is 0 Å². The summed E-state index contributed by atoms with van der Waals surface area (Å²) in [7, 11) is 1.73. The lowest BCUT2D eigenvalue weighted by Crippen LogP contribution is -2.19. The first-order valence-electron chi connectivity index (χ1n) is 6.46. The molecule has 1 unspecified atom stereocenters. The molecule has 108 valence electrons. The molecule has 0 saturated carbocycles. The molecule has 0 fully saturated rings. The zero-order valence-electron chi connectivity index (χ0n) is 11.1. The molecule has 1 N–H and O–H groups in total. The lowest BCUT2D eigenvalue weighted by atomic mass is 9.99. The third-order valence-corrected chi connectivity index (χ3v) is 4.82. The molecule has 0 saturated heterocycles. The summed E-state index contributed by atoms with van der Waals surface area (Å²) in [6, 6.07) is 6.48. The van der Waals surface area contributed by atoms with Crippen LogP contribution in [-0.2, 0) is 6.42 Å². The Morgan fingerprint density at radius 2 is 2.10 bits per heavy atom. The van der Waals surface area contributed by atoms with Crippen LogP contribution in [0.4, 0.5) is 8.78 Å². The number of thiophene rings is 1. The molecule has 0 aliphatic heterocycles. The van der Waals surface area contributed by atoms with E-state index in [4.69, 9.17) is 0 Å². The van der Waals surface area contributed by atoms with E-state index in [0.29, 0.717) is 10.9 Å². The molecular weight excluding hydrogens is 344 g/mol. The smallest absolute Gasteiger partial charge is 0.145 e. The first kappa shape index (κ1) is 15.6. The summed E-state index contributed by atoms with van der Waals surface area (Å²) in [6.07, 6.45) is 2.52. The van der Waals surface area contributed by atoms with Gasteiger partial charge < -0.3 is 5.32 Å². The van der Waals surface area contributed by atoms with Gasteiger partial charge in [0, 0.05) is 16.5 Å². The van der Waals surface area contributed by atoms with Gasteiger partial charge in [-0.05, 0) is 65.8 Å². The fourth-order valence-corrected chi connectivity index (χ4v) is 3.33. The summed E-state index contributed by atoms with van der Waals surface area (Å²) < 4.78 is 28.2. The second-order valence-electron chi connectivity index (χ2n) is 4.57. The van der Waals surface area contributed by atoms with Gasteiger partial charge >= 0.3 is 0 Å². The van der Waals surface area contributed by atoms with Crippen LogP contribution in [0.15, 0.2) is 34.1 Å². The van der Waals surface area contributed by atoms with E-state index in [-0.39, 0.29) is 11.6 Å². The number of hydrogen-bond donors (Lipinski definition) is 1. The molecule has 0 aliphatic rings. The van der Waals surface area contributed by atoms with Crippen molar-refractivity contribution in [2.45, 2.75) is 25.3 Å². The molecule has 2 rings (SSSR count). The highest BCUT2D eigenvalue weighted by Gasteiger charge is 2.20. The Balaban J connectivity index is 2.06. The van der Waals surface area contributed by atoms with Crippen LogP contribution in [0.2, 0.25) is 0 Å². The molecule has 1 nitrogen and oxygen atoms in total. The Hall–Kier alpha value is -0.780. The first-order chi connectivity index (χ1) is 9.63. The van der Waals surface area contributed by atoms with Crippen molar-refractivity contribution in [3.63, 3.8) is 0 Å². The normalized spacial score (nSPS) is 12.6. The van der Waals surface area contributed by atoms with Crippen LogP contribution in [-0.4, -0.2) is 7.05 Å². The minimum Gasteiger partial charge on any atom is -0.313 e. The first-order valence-corrected chi connectivity index (χ1v) is 8.13. The second kappa shape index (κ2) is 7.29. The van der Waals surface area contributed by atoms with Gasteiger partial charge in [-0.1, -0.05) is 6.07 Å². The molecule has 2 aromatic rings. The molecule has 0 spiro atoms. The average molecular weight is 360 g/mol. The van der Waals surface area contributed by atoms with Crippen molar-refractivity contribution in [1.29, 1.82) is 0 Å². The van der Waals surface area contributed by atoms with E-state index in [0.717, 1.165) is 12.8 Å². The molecule has 1 heterocycles. The van der Waals surface area contributed by atoms with Crippen LogP contribution in [0.25, 0.3) is 0 Å². The van der Waals surface area contributed by atoms with E-state index in [1.54, 1.807) is 18.4 Å². The highest BCUT2D eigenvalue weighted by atomic mass is 79.9. The van der Waals surface area contributed by atoms with Gasteiger partial charge in [-0.15, -0.1) is 11.3 Å². The van der Waals surface area contributed by atoms with Crippen molar-refractivity contribution in [2.75, 3.05) is 7.05 Å². The average Bonchev–Trinajstić information content (AvgIpc) is 2.94. The third kappa shape index (κ3) is 3.65. The van der Waals surface area contributed by atoms with Crippen molar-refractivity contribution in [3.8, 4) is 0 Å². The van der Waals surface area contributed by atoms with Crippen molar-refractivity contribution in [2.24, 2.45) is 0 Å². The number of hydrogen-bond acceptors (Lipinski definition) is 2. The second-order valence-corrected chi connectivity index (χ2v) is 6.46. The minimum atomic E-state index is -0.513. The molecule has 20 heavy (non-hydrogen) atoms. The van der Waals surface area contributed by atoms with E-state index in [1.807, 2.05) is 11.4 Å². The van der Waals surface area contributed by atoms with Gasteiger partial charge in [0.15, 0.2) is 0 Å². The largest absolute Gasteiger partial charge is 0.313 e. The maximum Gasteiger partial charge on any atom is 0.145 e. The number of nitrogens with one attached hydrogen (secondary N) is 1. The van der Waals surface area contributed by atoms with Crippen LogP contribution in [0.1, 0.15) is 29.3 Å². The van der Waals surface area contributed by atoms with E-state index in [2.05, 4.69) is 27.3 Å². The fourth-order valence-electron chi connectivity index (χ4n) is 2.23. The summed E-state index contributed by atoms with van der Waals surface area (Å²) in [5.41, 5.74) is 0.119. The Morgan fingerprint density at radius 3 is 2.75 bits per heavy atom. The molecule has 5 heteroatoms. The lowest BCUT2D eigenvalue weighted by Gasteiger charge is -2.18. The van der Waals surface area contributed by atoms with Gasteiger partial charge in [0.25, 0.3) is 0 Å². The van der Waals surface area contributed by atoms with Crippen LogP contribution in [0.3, 0.4) is 0 Å². The van der Waals surface area contributed by atoms with Gasteiger partial charge in [0.05, 0.1) is 4.47 Å². The quantitative estimate of drug-likeness (QED) is 0.709. The Morgan fingerprint density at radius 1 is 1.30 bits per heavy atom. The maximum atomic E-state index is 14.1. The van der Waals surface area contributed by atoms with Crippen molar-refractivity contribution >= 4 is 27.3 Å². The van der Waals surface area contributed by atoms with Crippen molar-refractivity contribution in [3.05, 3.63) is 56.2 Å². The summed E-state index contributed by atoms with van der Waals surface area (Å²) in [5, 5.41) is 5.05. The summed E-state index contributed by atoms with van der Waals surface area (Å²) in [6.45, 7) is 0. The third-order valence-electron chi connectivity index (χ3n) is 3.27. The predicted octanol–water partition coefficient (Wildman–Crippen LogP) is 5.07. The van der Waals surface area contributed by atoms with Crippen LogP contribution >= 0.6 is 27.3 Å². The van der Waals surface area contributed by atoms with Gasteiger partial charge in [0.1, 0.15) is 11.6 Å². The zero-order chi connectivity index (χ0) is 14.5. The predicted molar refractivity (Wildman–Crippen MR) is 83.1 cm³/mol. The SMILES string of the molecule is CNC(CCCc1cccs1)c1c(F)ccc(Br)c1F. The highest BCUT2D eigenvalue weighted by Crippen LogP contribution is 2.29. The van der Waals surface area contributed by atoms with Gasteiger partial charge in [0.2, 0.25) is 0 Å². The number of rotatable bonds is 6. The van der Waals surface area contributed by atoms with Crippen LogP contribution < -0.4 is 5.32 Å². The summed E-state index contributed by atoms with van der Waals surface area (Å²) in [5.74, 6) is -1.01. The number of aryl methyl sites for hydroxylation is 1.